The van der Waals surface area contributed by atoms with Gasteiger partial charge in [0, 0.05) is 24.3 Å². The summed E-state index contributed by atoms with van der Waals surface area (Å²) < 4.78 is 41.1. The highest BCUT2D eigenvalue weighted by molar-refractivity contribution is 5.22. The van der Waals surface area contributed by atoms with Crippen molar-refractivity contribution in [1.82, 2.24) is 9.55 Å². The van der Waals surface area contributed by atoms with Gasteiger partial charge in [0.15, 0.2) is 5.69 Å². The van der Waals surface area contributed by atoms with Crippen LogP contribution in [0.4, 0.5) is 13.2 Å². The lowest BCUT2D eigenvalue weighted by Gasteiger charge is -2.52. The molecule has 1 aromatic rings. The Balaban J connectivity index is 1.72. The molecule has 0 atom stereocenters. The van der Waals surface area contributed by atoms with Crippen molar-refractivity contribution in [2.45, 2.75) is 69.0 Å². The van der Waals surface area contributed by atoms with Crippen molar-refractivity contribution < 1.29 is 18.3 Å². The normalized spacial score (nSPS) is 35.1. The Bertz CT molecular complexity index is 564. The van der Waals surface area contributed by atoms with Crippen molar-refractivity contribution in [3.05, 3.63) is 17.7 Å². The van der Waals surface area contributed by atoms with Crippen molar-refractivity contribution in [2.24, 2.45) is 5.41 Å². The van der Waals surface area contributed by atoms with Crippen LogP contribution in [0.25, 0.3) is 0 Å². The number of aliphatic hydroxyl groups is 1. The quantitative estimate of drug-likeness (QED) is 0.921. The molecule has 6 heteroatoms. The van der Waals surface area contributed by atoms with Crippen LogP contribution in [0.3, 0.4) is 0 Å². The van der Waals surface area contributed by atoms with Crippen molar-refractivity contribution in [2.75, 3.05) is 6.61 Å². The van der Waals surface area contributed by atoms with Crippen molar-refractivity contribution in [3.8, 4) is 0 Å². The van der Waals surface area contributed by atoms with Gasteiger partial charge in [0.2, 0.25) is 0 Å². The van der Waals surface area contributed by atoms with Gasteiger partial charge in [0.05, 0.1) is 0 Å². The average molecular weight is 314 g/mol. The maximum absolute atomic E-state index is 13.1. The van der Waals surface area contributed by atoms with Crippen LogP contribution in [0.2, 0.25) is 0 Å². The molecule has 0 unspecified atom stereocenters. The summed E-state index contributed by atoms with van der Waals surface area (Å²) in [5.41, 5.74) is -0.928. The highest BCUT2D eigenvalue weighted by atomic mass is 19.4. The number of fused-ring (bicyclic) bond motifs is 3. The zero-order chi connectivity index (χ0) is 15.6. The molecule has 0 saturated heterocycles. The molecule has 22 heavy (non-hydrogen) atoms. The number of aromatic nitrogens is 2. The van der Waals surface area contributed by atoms with Crippen molar-refractivity contribution in [1.29, 1.82) is 0 Å². The van der Waals surface area contributed by atoms with Gasteiger partial charge in [-0.1, -0.05) is 0 Å². The van der Waals surface area contributed by atoms with Gasteiger partial charge in [-0.3, -0.25) is 0 Å². The fraction of sp³-hybridized carbons (Fsp3) is 0.812. The van der Waals surface area contributed by atoms with Crippen LogP contribution in [0, 0.1) is 5.41 Å². The molecule has 122 valence electrons. The monoisotopic (exact) mass is 314 g/mol. The second-order valence-electron chi connectivity index (χ2n) is 7.52. The predicted octanol–water partition coefficient (Wildman–Crippen LogP) is 3.82. The smallest absolute Gasteiger partial charge is 0.396 e. The minimum atomic E-state index is -4.37. The highest BCUT2D eigenvalue weighted by Crippen LogP contribution is 2.58. The van der Waals surface area contributed by atoms with E-state index >= 15 is 0 Å². The van der Waals surface area contributed by atoms with E-state index in [0.717, 1.165) is 51.4 Å². The standard InChI is InChI=1S/C16H21F3N2O/c17-16(18,19)12-9-21(11-1-2-11)13(20-12)15-6-3-14(10-22,4-7-15)5-8-15/h9,11,22H,1-8,10H2. The Hall–Kier alpha value is -1.04. The lowest BCUT2D eigenvalue weighted by molar-refractivity contribution is -0.141. The third kappa shape index (κ3) is 2.10. The summed E-state index contributed by atoms with van der Waals surface area (Å²) in [5.74, 6) is 0.661. The van der Waals surface area contributed by atoms with Crippen LogP contribution in [0.1, 0.15) is 68.9 Å². The van der Waals surface area contributed by atoms with E-state index in [2.05, 4.69) is 4.98 Å². The summed E-state index contributed by atoms with van der Waals surface area (Å²) in [5, 5.41) is 9.61. The van der Waals surface area contributed by atoms with Crippen LogP contribution >= 0.6 is 0 Å². The van der Waals surface area contributed by atoms with Gasteiger partial charge in [0.25, 0.3) is 0 Å². The number of nitrogens with zero attached hydrogens (tertiary/aromatic N) is 2. The maximum atomic E-state index is 13.1. The molecule has 3 nitrogen and oxygen atoms in total. The summed E-state index contributed by atoms with van der Waals surface area (Å²) in [6.07, 6.45) is 4.05. The van der Waals surface area contributed by atoms with Gasteiger partial charge < -0.3 is 9.67 Å². The Kier molecular flexibility index (Phi) is 2.97. The summed E-state index contributed by atoms with van der Waals surface area (Å²) in [6.45, 7) is 0.202. The van der Waals surface area contributed by atoms with E-state index < -0.39 is 11.9 Å². The van der Waals surface area contributed by atoms with E-state index in [1.807, 2.05) is 4.57 Å². The van der Waals surface area contributed by atoms with E-state index in [-0.39, 0.29) is 23.5 Å². The minimum absolute atomic E-state index is 0.0195. The number of rotatable bonds is 3. The molecule has 4 saturated carbocycles. The first kappa shape index (κ1) is 14.5. The molecule has 2 bridgehead atoms. The molecule has 0 aromatic carbocycles. The molecule has 4 aliphatic carbocycles. The van der Waals surface area contributed by atoms with Gasteiger partial charge in [-0.2, -0.15) is 13.2 Å². The second kappa shape index (κ2) is 4.49. The minimum Gasteiger partial charge on any atom is -0.396 e. The van der Waals surface area contributed by atoms with E-state index in [9.17, 15) is 18.3 Å². The number of aliphatic hydroxyl groups excluding tert-OH is 1. The van der Waals surface area contributed by atoms with E-state index in [0.29, 0.717) is 5.82 Å². The van der Waals surface area contributed by atoms with Crippen LogP contribution < -0.4 is 0 Å². The van der Waals surface area contributed by atoms with E-state index in [1.54, 1.807) is 0 Å². The molecule has 0 spiro atoms. The average Bonchev–Trinajstić information content (AvgIpc) is 3.25. The molecule has 1 N–H and O–H groups in total. The third-order valence-corrected chi connectivity index (χ3v) is 6.17. The van der Waals surface area contributed by atoms with Gasteiger partial charge in [-0.15, -0.1) is 0 Å². The molecule has 1 heterocycles. The zero-order valence-corrected chi connectivity index (χ0v) is 12.5. The Morgan fingerprint density at radius 3 is 2.18 bits per heavy atom. The van der Waals surface area contributed by atoms with Crippen molar-refractivity contribution >= 4 is 0 Å². The van der Waals surface area contributed by atoms with Crippen LogP contribution in [0.5, 0.6) is 0 Å². The largest absolute Gasteiger partial charge is 0.434 e. The number of hydrogen-bond acceptors (Lipinski definition) is 2. The van der Waals surface area contributed by atoms with Gasteiger partial charge in [0.1, 0.15) is 5.82 Å². The molecule has 4 fully saturated rings. The SMILES string of the molecule is OCC12CCC(c3nc(C(F)(F)F)cn3C3CC3)(CC1)CC2. The first-order chi connectivity index (χ1) is 10.4. The van der Waals surface area contributed by atoms with Crippen molar-refractivity contribution in [3.63, 3.8) is 0 Å². The molecular formula is C16H21F3N2O. The lowest BCUT2D eigenvalue weighted by Crippen LogP contribution is -2.47. The molecular weight excluding hydrogens is 293 g/mol. The Labute approximate surface area is 127 Å². The van der Waals surface area contributed by atoms with Crippen LogP contribution in [-0.2, 0) is 11.6 Å². The molecule has 0 amide bonds. The summed E-state index contributed by atoms with van der Waals surface area (Å²) >= 11 is 0. The van der Waals surface area contributed by atoms with E-state index in [1.165, 1.54) is 6.20 Å². The number of halogens is 3. The number of imidazole rings is 1. The second-order valence-corrected chi connectivity index (χ2v) is 7.52. The lowest BCUT2D eigenvalue weighted by atomic mass is 9.53. The Morgan fingerprint density at radius 2 is 1.73 bits per heavy atom. The van der Waals surface area contributed by atoms with Crippen LogP contribution in [-0.4, -0.2) is 21.3 Å². The van der Waals surface area contributed by atoms with Crippen LogP contribution in [0.15, 0.2) is 6.20 Å². The van der Waals surface area contributed by atoms with E-state index in [4.69, 9.17) is 0 Å². The summed E-state index contributed by atoms with van der Waals surface area (Å²) in [7, 11) is 0. The first-order valence-electron chi connectivity index (χ1n) is 8.15. The molecule has 1 aromatic heterocycles. The maximum Gasteiger partial charge on any atom is 0.434 e. The summed E-state index contributed by atoms with van der Waals surface area (Å²) in [4.78, 5) is 4.06. The molecule has 5 rings (SSSR count). The van der Waals surface area contributed by atoms with Gasteiger partial charge in [-0.25, -0.2) is 4.98 Å². The topological polar surface area (TPSA) is 38.1 Å². The fourth-order valence-corrected chi connectivity index (χ4v) is 4.39. The third-order valence-electron chi connectivity index (χ3n) is 6.17. The first-order valence-corrected chi connectivity index (χ1v) is 8.15. The fourth-order valence-electron chi connectivity index (χ4n) is 4.39. The highest BCUT2D eigenvalue weighted by Gasteiger charge is 2.52. The predicted molar refractivity (Wildman–Crippen MR) is 74.4 cm³/mol. The molecule has 0 aliphatic heterocycles. The number of alkyl halides is 3. The number of hydrogen-bond donors (Lipinski definition) is 1. The Morgan fingerprint density at radius 1 is 1.14 bits per heavy atom. The molecule has 4 aliphatic rings. The molecule has 0 radical (unpaired) electrons. The summed E-state index contributed by atoms with van der Waals surface area (Å²) in [6, 6.07) is 0.208. The van der Waals surface area contributed by atoms with Gasteiger partial charge in [-0.05, 0) is 56.8 Å². The zero-order valence-electron chi connectivity index (χ0n) is 12.5. The van der Waals surface area contributed by atoms with Gasteiger partial charge >= 0.3 is 6.18 Å².